The molecule has 0 radical (unpaired) electrons. The highest BCUT2D eigenvalue weighted by atomic mass is 16.8. The Hall–Kier alpha value is -3.82. The van der Waals surface area contributed by atoms with Crippen molar-refractivity contribution in [3.8, 4) is 0 Å². The number of rotatable bonds is 19. The number of nitrogens with one attached hydrogen (secondary N) is 3. The minimum Gasteiger partial charge on any atom is -0.477 e. The zero-order valence-electron chi connectivity index (χ0n) is 32.7. The van der Waals surface area contributed by atoms with Crippen molar-refractivity contribution in [1.82, 2.24) is 16.0 Å². The van der Waals surface area contributed by atoms with Crippen molar-refractivity contribution in [3.63, 3.8) is 0 Å². The Balaban J connectivity index is 2.08. The lowest BCUT2D eigenvalue weighted by molar-refractivity contribution is -0.356. The second-order valence-corrected chi connectivity index (χ2v) is 14.8. The predicted molar refractivity (Wildman–Crippen MR) is 188 cm³/mol. The van der Waals surface area contributed by atoms with Gasteiger partial charge in [-0.1, -0.05) is 0 Å². The van der Waals surface area contributed by atoms with E-state index in [9.17, 15) is 100 Å². The van der Waals surface area contributed by atoms with Gasteiger partial charge >= 0.3 is 17.9 Å². The first-order chi connectivity index (χ1) is 28.2. The largest absolute Gasteiger partial charge is 0.477 e. The molecule has 350 valence electrons. The Labute approximate surface area is 344 Å². The maximum atomic E-state index is 13.0. The minimum atomic E-state index is -3.35. The first-order valence-electron chi connectivity index (χ1n) is 18.5. The highest BCUT2D eigenvalue weighted by molar-refractivity contribution is 5.78. The van der Waals surface area contributed by atoms with E-state index in [1.807, 2.05) is 0 Å². The Morgan fingerprint density at radius 2 is 0.885 bits per heavy atom. The zero-order chi connectivity index (χ0) is 46.5. The lowest BCUT2D eigenvalue weighted by Gasteiger charge is -2.50. The molecule has 0 spiro atoms. The maximum absolute atomic E-state index is 13.0. The molecule has 3 rings (SSSR count). The first-order valence-corrected chi connectivity index (χ1v) is 18.5. The number of aliphatic hydroxyl groups is 11. The molecule has 3 fully saturated rings. The van der Waals surface area contributed by atoms with Crippen LogP contribution >= 0.6 is 0 Å². The van der Waals surface area contributed by atoms with E-state index in [2.05, 4.69) is 16.0 Å². The molecule has 0 aromatic heterocycles. The molecule has 3 saturated heterocycles. The number of hydrogen-bond acceptors (Lipinski definition) is 22. The average molecular weight is 892 g/mol. The highest BCUT2D eigenvalue weighted by Crippen LogP contribution is 2.39. The average Bonchev–Trinajstić information content (AvgIpc) is 3.17. The van der Waals surface area contributed by atoms with Gasteiger partial charge in [-0.05, 0) is 0 Å². The minimum absolute atomic E-state index is 0.842. The van der Waals surface area contributed by atoms with E-state index in [4.69, 9.17) is 23.7 Å². The van der Waals surface area contributed by atoms with Crippen LogP contribution in [0.15, 0.2) is 0 Å². The van der Waals surface area contributed by atoms with Crippen LogP contribution in [0.1, 0.15) is 40.0 Å². The summed E-state index contributed by atoms with van der Waals surface area (Å²) < 4.78 is 27.3. The molecule has 0 aliphatic carbocycles. The summed E-state index contributed by atoms with van der Waals surface area (Å²) >= 11 is 0. The summed E-state index contributed by atoms with van der Waals surface area (Å²) in [5.41, 5.74) is 0. The molecule has 5 unspecified atom stereocenters. The van der Waals surface area contributed by atoms with Crippen LogP contribution in [0.2, 0.25) is 0 Å². The molecule has 18 atom stereocenters. The van der Waals surface area contributed by atoms with Crippen LogP contribution in [0.4, 0.5) is 0 Å². The van der Waals surface area contributed by atoms with Gasteiger partial charge in [-0.15, -0.1) is 0 Å². The van der Waals surface area contributed by atoms with Gasteiger partial charge in [0, 0.05) is 40.0 Å². The van der Waals surface area contributed by atoms with Gasteiger partial charge in [0.2, 0.25) is 17.7 Å². The lowest BCUT2D eigenvalue weighted by atomic mass is 9.86. The fourth-order valence-corrected chi connectivity index (χ4v) is 7.32. The smallest absolute Gasteiger partial charge is 0.364 e. The van der Waals surface area contributed by atoms with Crippen LogP contribution in [-0.2, 0) is 52.5 Å². The lowest BCUT2D eigenvalue weighted by Crippen LogP contribution is -2.71. The van der Waals surface area contributed by atoms with Gasteiger partial charge in [0.1, 0.15) is 54.9 Å². The quantitative estimate of drug-likeness (QED) is 0.0572. The predicted octanol–water partition coefficient (Wildman–Crippen LogP) is -9.52. The summed E-state index contributed by atoms with van der Waals surface area (Å²) in [4.78, 5) is 73.8. The van der Waals surface area contributed by atoms with Gasteiger partial charge in [-0.3, -0.25) is 14.4 Å². The van der Waals surface area contributed by atoms with Gasteiger partial charge < -0.3 is 111 Å². The summed E-state index contributed by atoms with van der Waals surface area (Å²) in [7, 11) is 0. The normalized spacial score (nSPS) is 37.2. The Bertz CT molecular complexity index is 1590. The molecule has 28 heteroatoms. The van der Waals surface area contributed by atoms with E-state index in [1.54, 1.807) is 0 Å². The number of carbonyl (C=O) groups is 6. The number of amides is 3. The van der Waals surface area contributed by atoms with Crippen molar-refractivity contribution >= 4 is 35.6 Å². The number of ether oxygens (including phenoxy) is 5. The van der Waals surface area contributed by atoms with E-state index in [-0.39, 0.29) is 0 Å². The number of hydrogen-bond donors (Lipinski definition) is 17. The van der Waals surface area contributed by atoms with E-state index in [0.29, 0.717) is 0 Å². The number of aliphatic carboxylic acids is 3. The van der Waals surface area contributed by atoms with Gasteiger partial charge in [0.25, 0.3) is 17.4 Å². The van der Waals surface area contributed by atoms with Crippen molar-refractivity contribution in [1.29, 1.82) is 0 Å². The first kappa shape index (κ1) is 51.5. The zero-order valence-corrected chi connectivity index (χ0v) is 32.7. The van der Waals surface area contributed by atoms with Gasteiger partial charge in [0.05, 0.1) is 56.3 Å². The molecule has 3 amide bonds. The molecule has 0 bridgehead atoms. The fourth-order valence-electron chi connectivity index (χ4n) is 7.32. The van der Waals surface area contributed by atoms with Crippen LogP contribution in [0.25, 0.3) is 0 Å². The van der Waals surface area contributed by atoms with E-state index < -0.39 is 183 Å². The van der Waals surface area contributed by atoms with Crippen LogP contribution in [-0.4, -0.2) is 236 Å². The number of carboxylic acids is 3. The monoisotopic (exact) mass is 891 g/mol. The Kier molecular flexibility index (Phi) is 17.4. The Morgan fingerprint density at radius 3 is 1.18 bits per heavy atom. The van der Waals surface area contributed by atoms with Gasteiger partial charge in [-0.2, -0.15) is 0 Å². The van der Waals surface area contributed by atoms with E-state index >= 15 is 0 Å². The molecule has 0 aromatic rings. The summed E-state index contributed by atoms with van der Waals surface area (Å²) in [5, 5.41) is 155. The van der Waals surface area contributed by atoms with Crippen LogP contribution in [0.3, 0.4) is 0 Å². The van der Waals surface area contributed by atoms with Gasteiger partial charge in [-0.25, -0.2) is 14.4 Å². The standard InChI is InChI=1S/C33H53N3O25/c1-10(40)34-19-13(43)4-31(56,28(50)51)59-26(19)23(48)17(8-38)57-33(30(54)55)6-15(45)21(36-12(3)42)27(61-33)24(49)18(9-39)58-32(29(52)53)5-14(44)20(35-11(2)41)25(60-32)22(47)16(46)7-37/h13-27,37-39,43-49,56H,4-9H2,1-3H3,(H,34,40)(H,35,41)(H,36,42)(H,50,51)(H,52,53)(H,54,55)/t13-,14-,15-,16+,17?,18?,19+,20+,21+,22+,23+,24+,25+,26+,27+,31?,32?,33?/m0/s1. The summed E-state index contributed by atoms with van der Waals surface area (Å²) in [5.74, 6) is -18.9. The van der Waals surface area contributed by atoms with Crippen molar-refractivity contribution in [2.24, 2.45) is 0 Å². The van der Waals surface area contributed by atoms with Crippen molar-refractivity contribution in [3.05, 3.63) is 0 Å². The molecule has 3 heterocycles. The third-order valence-corrected chi connectivity index (χ3v) is 10.2. The summed E-state index contributed by atoms with van der Waals surface area (Å²) in [6.07, 6.45) is -30.5. The van der Waals surface area contributed by atoms with E-state index in [0.717, 1.165) is 20.8 Å². The molecule has 3 aliphatic rings. The second-order valence-electron chi connectivity index (χ2n) is 14.8. The third kappa shape index (κ3) is 11.4. The highest BCUT2D eigenvalue weighted by Gasteiger charge is 2.62. The summed E-state index contributed by atoms with van der Waals surface area (Å²) in [6.45, 7) is -1.20. The van der Waals surface area contributed by atoms with Gasteiger partial charge in [0.15, 0.2) is 0 Å². The molecule has 61 heavy (non-hydrogen) atoms. The second kappa shape index (κ2) is 20.6. The van der Waals surface area contributed by atoms with Crippen molar-refractivity contribution < 1.29 is 124 Å². The SMILES string of the molecule is CC(=O)N[C@H]1[C@H]([C@H](O)C(CO)OC2(C(=O)O)C[C@H](O)[C@@H](NC(C)=O)[C@H]([C@H](O)C(CO)OC3(C(=O)O)C[C@H](O)[C@@H](NC(C)=O)[C@H]([C@H](O)[C@H](O)CO)O3)O2)OC(O)(C(=O)O)C[C@@H]1O. The van der Waals surface area contributed by atoms with Crippen LogP contribution in [0, 0.1) is 0 Å². The molecule has 28 nitrogen and oxygen atoms in total. The third-order valence-electron chi connectivity index (χ3n) is 10.2. The van der Waals surface area contributed by atoms with Crippen molar-refractivity contribution in [2.45, 2.75) is 149 Å². The number of carbonyl (C=O) groups excluding carboxylic acids is 3. The molecule has 3 aliphatic heterocycles. The fraction of sp³-hybridized carbons (Fsp3) is 0.818. The topological polar surface area (TPSA) is 468 Å². The van der Waals surface area contributed by atoms with E-state index in [1.165, 1.54) is 0 Å². The molecular weight excluding hydrogens is 838 g/mol. The van der Waals surface area contributed by atoms with Crippen molar-refractivity contribution in [2.75, 3.05) is 19.8 Å². The number of aliphatic hydroxyl groups excluding tert-OH is 10. The molecular formula is C33H53N3O25. The summed E-state index contributed by atoms with van der Waals surface area (Å²) in [6, 6.07) is -5.34. The molecule has 0 saturated carbocycles. The van der Waals surface area contributed by atoms with Crippen LogP contribution < -0.4 is 16.0 Å². The molecule has 17 N–H and O–H groups in total. The maximum Gasteiger partial charge on any atom is 0.364 e. The Morgan fingerprint density at radius 1 is 0.557 bits per heavy atom. The number of carboxylic acid groups (broad SMARTS) is 3. The molecule has 0 aromatic carbocycles. The van der Waals surface area contributed by atoms with Crippen LogP contribution in [0.5, 0.6) is 0 Å².